The second kappa shape index (κ2) is 6.59. The van der Waals surface area contributed by atoms with Gasteiger partial charge >= 0.3 is 0 Å². The Kier molecular flexibility index (Phi) is 4.82. The van der Waals surface area contributed by atoms with Gasteiger partial charge in [-0.1, -0.05) is 35.9 Å². The minimum atomic E-state index is -0.293. The summed E-state index contributed by atoms with van der Waals surface area (Å²) in [7, 11) is 0. The maximum atomic E-state index is 13.6. The lowest BCUT2D eigenvalue weighted by Crippen LogP contribution is -1.98. The second-order valence-electron chi connectivity index (χ2n) is 3.73. The van der Waals surface area contributed by atoms with Gasteiger partial charge in [-0.3, -0.25) is 5.43 Å². The summed E-state index contributed by atoms with van der Waals surface area (Å²) in [5.41, 5.74) is 4.18. The maximum absolute atomic E-state index is 13.6. The van der Waals surface area contributed by atoms with Gasteiger partial charge in [0.05, 0.1) is 5.69 Å². The summed E-state index contributed by atoms with van der Waals surface area (Å²) in [6.45, 7) is 0. The molecule has 0 bridgehead atoms. The Labute approximate surface area is 120 Å². The number of hydrogen-bond donors (Lipinski definition) is 1. The number of benzene rings is 2. The lowest BCUT2D eigenvalue weighted by atomic mass is 10.2. The van der Waals surface area contributed by atoms with E-state index in [-0.39, 0.29) is 11.0 Å². The SMILES string of the molecule is CSc1ccc(C(Cl)=NNc2ccccc2)cc1F. The summed E-state index contributed by atoms with van der Waals surface area (Å²) in [5, 5.41) is 4.24. The fourth-order valence-corrected chi connectivity index (χ4v) is 2.10. The molecule has 0 aromatic heterocycles. The lowest BCUT2D eigenvalue weighted by Gasteiger charge is -2.04. The number of anilines is 1. The van der Waals surface area contributed by atoms with Gasteiger partial charge in [0.15, 0.2) is 5.17 Å². The van der Waals surface area contributed by atoms with Crippen molar-refractivity contribution in [3.63, 3.8) is 0 Å². The van der Waals surface area contributed by atoms with E-state index in [9.17, 15) is 4.39 Å². The van der Waals surface area contributed by atoms with Gasteiger partial charge in [0.25, 0.3) is 0 Å². The van der Waals surface area contributed by atoms with E-state index < -0.39 is 0 Å². The van der Waals surface area contributed by atoms with Crippen molar-refractivity contribution in [2.24, 2.45) is 5.10 Å². The fourth-order valence-electron chi connectivity index (χ4n) is 1.49. The van der Waals surface area contributed by atoms with Gasteiger partial charge in [-0.15, -0.1) is 11.8 Å². The molecule has 2 rings (SSSR count). The van der Waals surface area contributed by atoms with E-state index >= 15 is 0 Å². The van der Waals surface area contributed by atoms with Crippen LogP contribution in [-0.4, -0.2) is 11.4 Å². The van der Waals surface area contributed by atoms with E-state index in [1.165, 1.54) is 17.8 Å². The average Bonchev–Trinajstić information content (AvgIpc) is 2.45. The number of hydrazone groups is 1. The molecule has 0 radical (unpaired) electrons. The summed E-state index contributed by atoms with van der Waals surface area (Å²) in [5.74, 6) is -0.293. The minimum Gasteiger partial charge on any atom is -0.277 e. The molecule has 98 valence electrons. The van der Waals surface area contributed by atoms with Crippen molar-refractivity contribution in [2.75, 3.05) is 11.7 Å². The van der Waals surface area contributed by atoms with E-state index in [1.54, 1.807) is 12.1 Å². The number of hydrogen-bond acceptors (Lipinski definition) is 3. The monoisotopic (exact) mass is 294 g/mol. The summed E-state index contributed by atoms with van der Waals surface area (Å²) >= 11 is 7.39. The zero-order valence-corrected chi connectivity index (χ0v) is 11.8. The predicted octanol–water partition coefficient (Wildman–Crippen LogP) is 4.56. The fraction of sp³-hybridized carbons (Fsp3) is 0.0714. The Balaban J connectivity index is 2.15. The first-order valence-corrected chi connectivity index (χ1v) is 7.19. The van der Waals surface area contributed by atoms with Gasteiger partial charge in [0, 0.05) is 10.5 Å². The molecule has 2 nitrogen and oxygen atoms in total. The molecule has 0 aliphatic carbocycles. The molecule has 0 atom stereocenters. The van der Waals surface area contributed by atoms with Crippen LogP contribution in [0.4, 0.5) is 10.1 Å². The average molecular weight is 295 g/mol. The van der Waals surface area contributed by atoms with Crippen LogP contribution < -0.4 is 5.43 Å². The van der Waals surface area contributed by atoms with Crippen molar-refractivity contribution in [1.82, 2.24) is 0 Å². The zero-order valence-electron chi connectivity index (χ0n) is 10.2. The molecule has 0 fully saturated rings. The highest BCUT2D eigenvalue weighted by molar-refractivity contribution is 7.98. The third kappa shape index (κ3) is 3.72. The van der Waals surface area contributed by atoms with Gasteiger partial charge in [0.1, 0.15) is 5.82 Å². The third-order valence-corrected chi connectivity index (χ3v) is 3.52. The Bertz CT molecular complexity index is 587. The molecule has 0 saturated heterocycles. The first kappa shape index (κ1) is 13.9. The number of para-hydroxylation sites is 1. The Morgan fingerprint density at radius 1 is 1.21 bits per heavy atom. The van der Waals surface area contributed by atoms with Crippen LogP contribution in [0.15, 0.2) is 58.5 Å². The van der Waals surface area contributed by atoms with E-state index in [0.717, 1.165) is 5.69 Å². The van der Waals surface area contributed by atoms with Crippen LogP contribution in [0, 0.1) is 5.82 Å². The normalized spacial score (nSPS) is 11.4. The zero-order chi connectivity index (χ0) is 13.7. The minimum absolute atomic E-state index is 0.218. The van der Waals surface area contributed by atoms with Crippen molar-refractivity contribution in [1.29, 1.82) is 0 Å². The highest BCUT2D eigenvalue weighted by atomic mass is 35.5. The Morgan fingerprint density at radius 2 is 1.95 bits per heavy atom. The van der Waals surface area contributed by atoms with Crippen molar-refractivity contribution in [2.45, 2.75) is 4.90 Å². The van der Waals surface area contributed by atoms with E-state index in [2.05, 4.69) is 10.5 Å². The molecule has 0 spiro atoms. The summed E-state index contributed by atoms with van der Waals surface area (Å²) in [6, 6.07) is 14.2. The van der Waals surface area contributed by atoms with Crippen molar-refractivity contribution >= 4 is 34.2 Å². The summed E-state index contributed by atoms with van der Waals surface area (Å²) in [6.07, 6.45) is 1.82. The molecular formula is C14H12ClFN2S. The molecule has 5 heteroatoms. The number of nitrogens with one attached hydrogen (secondary N) is 1. The molecular weight excluding hydrogens is 283 g/mol. The molecule has 2 aromatic carbocycles. The summed E-state index contributed by atoms with van der Waals surface area (Å²) in [4.78, 5) is 0.587. The van der Waals surface area contributed by atoms with Crippen molar-refractivity contribution in [3.05, 3.63) is 59.9 Å². The first-order valence-electron chi connectivity index (χ1n) is 5.59. The molecule has 0 saturated carbocycles. The first-order chi connectivity index (χ1) is 9.20. The van der Waals surface area contributed by atoms with Crippen LogP contribution in [0.2, 0.25) is 0 Å². The van der Waals surface area contributed by atoms with Crippen LogP contribution in [0.3, 0.4) is 0 Å². The molecule has 0 unspecified atom stereocenters. The predicted molar refractivity (Wildman–Crippen MR) is 80.6 cm³/mol. The molecule has 0 aliphatic heterocycles. The maximum Gasteiger partial charge on any atom is 0.156 e. The van der Waals surface area contributed by atoms with Gasteiger partial charge in [-0.2, -0.15) is 5.10 Å². The van der Waals surface area contributed by atoms with Gasteiger partial charge in [-0.25, -0.2) is 4.39 Å². The van der Waals surface area contributed by atoms with Gasteiger partial charge in [0.2, 0.25) is 0 Å². The van der Waals surface area contributed by atoms with E-state index in [0.29, 0.717) is 10.5 Å². The molecule has 0 amide bonds. The number of thioether (sulfide) groups is 1. The molecule has 1 N–H and O–H groups in total. The smallest absolute Gasteiger partial charge is 0.156 e. The molecule has 0 heterocycles. The third-order valence-electron chi connectivity index (χ3n) is 2.45. The van der Waals surface area contributed by atoms with Crippen LogP contribution in [-0.2, 0) is 0 Å². The van der Waals surface area contributed by atoms with Crippen molar-refractivity contribution < 1.29 is 4.39 Å². The standard InChI is InChI=1S/C14H12ClFN2S/c1-19-13-8-7-10(9-12(13)16)14(15)18-17-11-5-3-2-4-6-11/h2-9,17H,1H3. The van der Waals surface area contributed by atoms with Gasteiger partial charge in [-0.05, 0) is 30.5 Å². The topological polar surface area (TPSA) is 24.4 Å². The number of nitrogens with zero attached hydrogens (tertiary/aromatic N) is 1. The van der Waals surface area contributed by atoms with Gasteiger partial charge < -0.3 is 0 Å². The number of rotatable bonds is 4. The number of halogens is 2. The van der Waals surface area contributed by atoms with E-state index in [1.807, 2.05) is 36.6 Å². The summed E-state index contributed by atoms with van der Waals surface area (Å²) < 4.78 is 13.6. The largest absolute Gasteiger partial charge is 0.277 e. The lowest BCUT2D eigenvalue weighted by molar-refractivity contribution is 0.602. The Morgan fingerprint density at radius 3 is 2.58 bits per heavy atom. The molecule has 19 heavy (non-hydrogen) atoms. The quantitative estimate of drug-likeness (QED) is 0.508. The van der Waals surface area contributed by atoms with Crippen LogP contribution in [0.1, 0.15) is 5.56 Å². The van der Waals surface area contributed by atoms with E-state index in [4.69, 9.17) is 11.6 Å². The van der Waals surface area contributed by atoms with Crippen LogP contribution in [0.5, 0.6) is 0 Å². The molecule has 2 aromatic rings. The second-order valence-corrected chi connectivity index (χ2v) is 4.94. The Hall–Kier alpha value is -1.52. The molecule has 0 aliphatic rings. The highest BCUT2D eigenvalue weighted by Crippen LogP contribution is 2.21. The van der Waals surface area contributed by atoms with Crippen molar-refractivity contribution in [3.8, 4) is 0 Å². The van der Waals surface area contributed by atoms with Crippen LogP contribution in [0.25, 0.3) is 0 Å². The van der Waals surface area contributed by atoms with Crippen LogP contribution >= 0.6 is 23.4 Å². The highest BCUT2D eigenvalue weighted by Gasteiger charge is 2.06.